The van der Waals surface area contributed by atoms with Crippen LogP contribution in [0.15, 0.2) is 24.4 Å². The summed E-state index contributed by atoms with van der Waals surface area (Å²) in [7, 11) is -1.50. The molecule has 1 aromatic heterocycles. The van der Waals surface area contributed by atoms with Gasteiger partial charge in [0.2, 0.25) is 5.91 Å². The van der Waals surface area contributed by atoms with Crippen LogP contribution in [0, 0.1) is 5.92 Å². The number of carbonyl (C=O) groups is 3. The molecule has 4 heterocycles. The van der Waals surface area contributed by atoms with Crippen LogP contribution in [-0.4, -0.2) is 83.9 Å². The van der Waals surface area contributed by atoms with Gasteiger partial charge in [-0.05, 0) is 63.4 Å². The van der Waals surface area contributed by atoms with Crippen molar-refractivity contribution in [1.29, 1.82) is 0 Å². The fourth-order valence-electron chi connectivity index (χ4n) is 7.74. The quantitative estimate of drug-likeness (QED) is 0.199. The van der Waals surface area contributed by atoms with Crippen molar-refractivity contribution in [2.24, 2.45) is 5.92 Å². The number of nitrogens with zero attached hydrogens (tertiary/aromatic N) is 5. The Kier molecular flexibility index (Phi) is 10.7. The van der Waals surface area contributed by atoms with E-state index in [-0.39, 0.29) is 42.3 Å². The van der Waals surface area contributed by atoms with E-state index in [1.54, 1.807) is 15.8 Å². The number of aliphatic hydroxyl groups is 1. The first-order chi connectivity index (χ1) is 22.0. The minimum Gasteiger partial charge on any atom is -0.469 e. The zero-order valence-electron chi connectivity index (χ0n) is 27.6. The molecule has 0 radical (unpaired) electrons. The number of aryl methyl sites for hydroxylation is 1. The number of ether oxygens (including phenoxy) is 2. The van der Waals surface area contributed by atoms with Gasteiger partial charge in [-0.1, -0.05) is 25.0 Å². The Morgan fingerprint density at radius 1 is 1.15 bits per heavy atom. The number of fused-ring (bicyclic) bond motifs is 2. The Morgan fingerprint density at radius 2 is 1.93 bits per heavy atom. The smallest absolute Gasteiger partial charge is 0.305 e. The number of carbonyl (C=O) groups excluding carboxylic acids is 3. The van der Waals surface area contributed by atoms with E-state index in [2.05, 4.69) is 10.3 Å². The van der Waals surface area contributed by atoms with Crippen LogP contribution in [-0.2, 0) is 42.4 Å². The third kappa shape index (κ3) is 6.78. The van der Waals surface area contributed by atoms with Crippen molar-refractivity contribution in [3.63, 3.8) is 0 Å². The SMILES string of the molecule is COC(=O)CCCCN1C(=O)[C@]2(O[C@H](CCn3cc(CCO)nn3)[C@@H]([Si](C)(C)O)[C@@H]2C)c2cc(N3CCCCCCC3=O)ccc21. The molecule has 2 aromatic rings. The second kappa shape index (κ2) is 14.3. The Morgan fingerprint density at radius 3 is 2.67 bits per heavy atom. The lowest BCUT2D eigenvalue weighted by atomic mass is 9.82. The molecule has 4 atom stereocenters. The Balaban J connectivity index is 1.51. The van der Waals surface area contributed by atoms with Gasteiger partial charge in [0.25, 0.3) is 5.91 Å². The molecule has 3 aliphatic rings. The zero-order valence-corrected chi connectivity index (χ0v) is 28.6. The highest BCUT2D eigenvalue weighted by Gasteiger charge is 2.66. The Bertz CT molecular complexity index is 1410. The van der Waals surface area contributed by atoms with Crippen molar-refractivity contribution >= 4 is 37.5 Å². The predicted octanol–water partition coefficient (Wildman–Crippen LogP) is 3.69. The van der Waals surface area contributed by atoms with E-state index in [0.717, 1.165) is 42.6 Å². The molecular weight excluding hydrogens is 606 g/mol. The number of benzene rings is 1. The number of hydrogen-bond donors (Lipinski definition) is 2. The molecule has 5 rings (SSSR count). The summed E-state index contributed by atoms with van der Waals surface area (Å²) >= 11 is 0. The summed E-state index contributed by atoms with van der Waals surface area (Å²) in [6.45, 7) is 7.32. The second-order valence-electron chi connectivity index (χ2n) is 13.5. The molecule has 2 amide bonds. The zero-order chi connectivity index (χ0) is 33.1. The maximum Gasteiger partial charge on any atom is 0.305 e. The van der Waals surface area contributed by atoms with Gasteiger partial charge in [0, 0.05) is 74.4 Å². The molecule has 2 fully saturated rings. The molecule has 1 aromatic carbocycles. The maximum atomic E-state index is 14.7. The van der Waals surface area contributed by atoms with Gasteiger partial charge in [0.1, 0.15) is 0 Å². The van der Waals surface area contributed by atoms with Gasteiger partial charge in [-0.2, -0.15) is 0 Å². The van der Waals surface area contributed by atoms with Crippen LogP contribution in [0.25, 0.3) is 0 Å². The number of amides is 2. The van der Waals surface area contributed by atoms with Crippen LogP contribution in [0.2, 0.25) is 18.6 Å². The van der Waals surface area contributed by atoms with E-state index in [9.17, 15) is 24.3 Å². The van der Waals surface area contributed by atoms with Crippen molar-refractivity contribution < 1.29 is 33.8 Å². The predicted molar refractivity (Wildman–Crippen MR) is 175 cm³/mol. The number of hydrogen-bond acceptors (Lipinski definition) is 9. The highest BCUT2D eigenvalue weighted by Crippen LogP contribution is 2.60. The standard InChI is InChI=1S/C33H49N5O7Si/c1-23-31(46(3,4)43)28(15-19-36-22-24(16-20-39)34-35-36)45-33(23)26-21-25(37-17-9-6-5-7-11-29(37)40)13-14-27(26)38(32(33)42)18-10-8-12-30(41)44-2/h13-14,21-23,28,31,39,43H,5-12,15-20H2,1-4H3/t23-,28+,31-,33+/m0/s1. The van der Waals surface area contributed by atoms with Gasteiger partial charge in [0.15, 0.2) is 13.9 Å². The summed E-state index contributed by atoms with van der Waals surface area (Å²) in [4.78, 5) is 55.0. The average Bonchev–Trinajstić information content (AvgIpc) is 3.65. The first-order valence-electron chi connectivity index (χ1n) is 16.7. The summed E-state index contributed by atoms with van der Waals surface area (Å²) in [5.41, 5.74) is 1.37. The number of aromatic nitrogens is 3. The van der Waals surface area contributed by atoms with Gasteiger partial charge in [0.05, 0.1) is 24.6 Å². The molecule has 13 heteroatoms. The highest BCUT2D eigenvalue weighted by molar-refractivity contribution is 6.71. The molecule has 252 valence electrons. The van der Waals surface area contributed by atoms with E-state index in [1.165, 1.54) is 7.11 Å². The van der Waals surface area contributed by atoms with E-state index in [1.807, 2.05) is 43.1 Å². The lowest BCUT2D eigenvalue weighted by molar-refractivity contribution is -0.146. The fourth-order valence-corrected chi connectivity index (χ4v) is 10.3. The summed E-state index contributed by atoms with van der Waals surface area (Å²) in [5, 5.41) is 17.6. The summed E-state index contributed by atoms with van der Waals surface area (Å²) in [6, 6.07) is 5.84. The third-order valence-corrected chi connectivity index (χ3v) is 12.4. The van der Waals surface area contributed by atoms with Gasteiger partial charge in [-0.25, -0.2) is 0 Å². The monoisotopic (exact) mass is 655 g/mol. The highest BCUT2D eigenvalue weighted by atomic mass is 28.4. The summed E-state index contributed by atoms with van der Waals surface area (Å²) < 4.78 is 13.5. The van der Waals surface area contributed by atoms with Crippen LogP contribution >= 0.6 is 0 Å². The van der Waals surface area contributed by atoms with E-state index in [0.29, 0.717) is 57.4 Å². The first kappa shape index (κ1) is 34.2. The van der Waals surface area contributed by atoms with Crippen molar-refractivity contribution in [2.75, 3.05) is 36.6 Å². The number of aliphatic hydroxyl groups excluding tert-OH is 1. The third-order valence-electron chi connectivity index (χ3n) is 9.94. The average molecular weight is 656 g/mol. The minimum atomic E-state index is -2.87. The molecule has 3 aliphatic heterocycles. The number of unbranched alkanes of at least 4 members (excludes halogenated alkanes) is 1. The fraction of sp³-hybridized carbons (Fsp3) is 0.667. The second-order valence-corrected chi connectivity index (χ2v) is 17.5. The van der Waals surface area contributed by atoms with Crippen LogP contribution in [0.1, 0.15) is 76.0 Å². The maximum absolute atomic E-state index is 14.7. The number of methoxy groups -OCH3 is 1. The molecular formula is C33H49N5O7Si. The normalized spacial score (nSPS) is 25.2. The van der Waals surface area contributed by atoms with E-state index in [4.69, 9.17) is 9.47 Å². The van der Waals surface area contributed by atoms with Crippen molar-refractivity contribution in [1.82, 2.24) is 15.0 Å². The van der Waals surface area contributed by atoms with E-state index < -0.39 is 20.0 Å². The Hall–Kier alpha value is -3.13. The van der Waals surface area contributed by atoms with Gasteiger partial charge < -0.3 is 29.2 Å². The molecule has 12 nitrogen and oxygen atoms in total. The van der Waals surface area contributed by atoms with Crippen molar-refractivity contribution in [3.05, 3.63) is 35.7 Å². The molecule has 0 unspecified atom stereocenters. The van der Waals surface area contributed by atoms with Crippen LogP contribution in [0.4, 0.5) is 11.4 Å². The number of esters is 1. The molecule has 2 saturated heterocycles. The number of anilines is 2. The minimum absolute atomic E-state index is 0.0113. The van der Waals surface area contributed by atoms with E-state index >= 15 is 0 Å². The molecule has 0 bridgehead atoms. The van der Waals surface area contributed by atoms with Crippen molar-refractivity contribution in [3.8, 4) is 0 Å². The number of rotatable bonds is 12. The van der Waals surface area contributed by atoms with Gasteiger partial charge in [-0.15, -0.1) is 5.10 Å². The summed E-state index contributed by atoms with van der Waals surface area (Å²) in [6.07, 6.45) is 8.19. The van der Waals surface area contributed by atoms with Crippen LogP contribution in [0.3, 0.4) is 0 Å². The lowest BCUT2D eigenvalue weighted by Crippen LogP contribution is -2.46. The molecule has 0 saturated carbocycles. The van der Waals surface area contributed by atoms with Crippen molar-refractivity contribution in [2.45, 2.75) is 108 Å². The van der Waals surface area contributed by atoms with Crippen LogP contribution < -0.4 is 9.80 Å². The topological polar surface area (TPSA) is 147 Å². The molecule has 2 N–H and O–H groups in total. The molecule has 46 heavy (non-hydrogen) atoms. The largest absolute Gasteiger partial charge is 0.469 e. The first-order valence-corrected chi connectivity index (χ1v) is 19.8. The van der Waals surface area contributed by atoms with Gasteiger partial charge in [-0.3, -0.25) is 19.1 Å². The van der Waals surface area contributed by atoms with Crippen LogP contribution in [0.5, 0.6) is 0 Å². The summed E-state index contributed by atoms with van der Waals surface area (Å²) in [5.74, 6) is -0.696. The molecule has 0 aliphatic carbocycles. The molecule has 1 spiro atoms. The Labute approximate surface area is 272 Å². The van der Waals surface area contributed by atoms with Gasteiger partial charge >= 0.3 is 5.97 Å². The lowest BCUT2D eigenvalue weighted by Gasteiger charge is -2.33.